The topological polar surface area (TPSA) is 126 Å². The van der Waals surface area contributed by atoms with Gasteiger partial charge >= 0.3 is 11.7 Å². The molecule has 3 rings (SSSR count). The zero-order valence-electron chi connectivity index (χ0n) is 17.8. The number of anilines is 1. The Morgan fingerprint density at radius 2 is 1.88 bits per heavy atom. The van der Waals surface area contributed by atoms with Crippen molar-refractivity contribution in [3.8, 4) is 11.4 Å². The van der Waals surface area contributed by atoms with E-state index in [1.54, 1.807) is 18.5 Å². The van der Waals surface area contributed by atoms with Crippen molar-refractivity contribution < 1.29 is 24.0 Å². The zero-order valence-corrected chi connectivity index (χ0v) is 17.8. The molecule has 10 heteroatoms. The number of esters is 1. The lowest BCUT2D eigenvalue weighted by Gasteiger charge is -2.09. The van der Waals surface area contributed by atoms with Crippen molar-refractivity contribution in [3.05, 3.63) is 75.6 Å². The number of aryl methyl sites for hydroxylation is 1. The number of nitrogens with one attached hydrogen (secondary N) is 1. The number of amides is 1. The van der Waals surface area contributed by atoms with Gasteiger partial charge in [0.15, 0.2) is 12.4 Å². The summed E-state index contributed by atoms with van der Waals surface area (Å²) in [6.45, 7) is 4.94. The third-order valence-corrected chi connectivity index (χ3v) is 4.58. The summed E-state index contributed by atoms with van der Waals surface area (Å²) in [5.41, 5.74) is 2.27. The normalized spacial score (nSPS) is 10.5. The predicted octanol–water partition coefficient (Wildman–Crippen LogP) is 3.59. The van der Waals surface area contributed by atoms with Crippen molar-refractivity contribution in [2.24, 2.45) is 0 Å². The molecule has 0 radical (unpaired) electrons. The molecule has 1 N–H and O–H groups in total. The fourth-order valence-electron chi connectivity index (χ4n) is 3.10. The second-order valence-electron chi connectivity index (χ2n) is 6.79. The van der Waals surface area contributed by atoms with Crippen LogP contribution in [0.15, 0.2) is 48.5 Å². The number of nitro benzene ring substituents is 1. The van der Waals surface area contributed by atoms with Crippen LogP contribution in [0.5, 0.6) is 5.75 Å². The summed E-state index contributed by atoms with van der Waals surface area (Å²) in [4.78, 5) is 35.2. The molecule has 1 aromatic heterocycles. The smallest absolute Gasteiger partial charge is 0.338 e. The summed E-state index contributed by atoms with van der Waals surface area (Å²) in [5, 5.41) is 18.4. The van der Waals surface area contributed by atoms with Crippen molar-refractivity contribution in [2.75, 3.05) is 18.5 Å². The van der Waals surface area contributed by atoms with E-state index in [-0.39, 0.29) is 23.6 Å². The SMILES string of the molecule is CCOc1ccc(C(=O)OCC(=O)Nc2c(C)nn(-c3ccccc3)c2C)cc1[N+](=O)[O-]. The molecule has 0 aliphatic carbocycles. The van der Waals surface area contributed by atoms with E-state index in [0.29, 0.717) is 11.4 Å². The third-order valence-electron chi connectivity index (χ3n) is 4.58. The quantitative estimate of drug-likeness (QED) is 0.324. The van der Waals surface area contributed by atoms with Crippen LogP contribution < -0.4 is 10.1 Å². The Balaban J connectivity index is 1.67. The average Bonchev–Trinajstić information content (AvgIpc) is 3.06. The number of hydrogen-bond acceptors (Lipinski definition) is 7. The van der Waals surface area contributed by atoms with Crippen molar-refractivity contribution in [2.45, 2.75) is 20.8 Å². The fourth-order valence-corrected chi connectivity index (χ4v) is 3.10. The molecule has 1 amide bonds. The van der Waals surface area contributed by atoms with Crippen LogP contribution in [0.3, 0.4) is 0 Å². The maximum absolute atomic E-state index is 12.4. The Morgan fingerprint density at radius 3 is 2.53 bits per heavy atom. The summed E-state index contributed by atoms with van der Waals surface area (Å²) < 4.78 is 11.9. The van der Waals surface area contributed by atoms with Gasteiger partial charge in [-0.1, -0.05) is 18.2 Å². The largest absolute Gasteiger partial charge is 0.487 e. The maximum Gasteiger partial charge on any atom is 0.338 e. The van der Waals surface area contributed by atoms with E-state index in [4.69, 9.17) is 9.47 Å². The van der Waals surface area contributed by atoms with E-state index in [0.717, 1.165) is 17.4 Å². The summed E-state index contributed by atoms with van der Waals surface area (Å²) in [7, 11) is 0. The molecule has 0 atom stereocenters. The molecule has 1 heterocycles. The van der Waals surface area contributed by atoms with E-state index >= 15 is 0 Å². The van der Waals surface area contributed by atoms with Crippen LogP contribution >= 0.6 is 0 Å². The Kier molecular flexibility index (Phi) is 6.83. The third kappa shape index (κ3) is 4.91. The minimum absolute atomic E-state index is 0.0492. The number of rotatable bonds is 8. The average molecular weight is 438 g/mol. The van der Waals surface area contributed by atoms with Gasteiger partial charge in [0.05, 0.1) is 39.9 Å². The first-order valence-corrected chi connectivity index (χ1v) is 9.81. The molecule has 0 bridgehead atoms. The lowest BCUT2D eigenvalue weighted by Crippen LogP contribution is -2.21. The Labute approximate surface area is 183 Å². The van der Waals surface area contributed by atoms with E-state index in [1.165, 1.54) is 12.1 Å². The molecule has 2 aromatic carbocycles. The van der Waals surface area contributed by atoms with E-state index in [1.807, 2.05) is 37.3 Å². The zero-order chi connectivity index (χ0) is 23.3. The minimum Gasteiger partial charge on any atom is -0.487 e. The van der Waals surface area contributed by atoms with Crippen molar-refractivity contribution in [1.82, 2.24) is 9.78 Å². The first kappa shape index (κ1) is 22.5. The molecule has 0 saturated carbocycles. The van der Waals surface area contributed by atoms with Gasteiger partial charge in [0.2, 0.25) is 0 Å². The number of ether oxygens (including phenoxy) is 2. The van der Waals surface area contributed by atoms with Gasteiger partial charge in [-0.15, -0.1) is 0 Å². The number of nitrogens with zero attached hydrogens (tertiary/aromatic N) is 3. The summed E-state index contributed by atoms with van der Waals surface area (Å²) in [6.07, 6.45) is 0. The monoisotopic (exact) mass is 438 g/mol. The van der Waals surface area contributed by atoms with Crippen LogP contribution in [0, 0.1) is 24.0 Å². The number of hydrogen-bond donors (Lipinski definition) is 1. The van der Waals surface area contributed by atoms with Gasteiger partial charge in [-0.2, -0.15) is 5.10 Å². The molecule has 0 saturated heterocycles. The second kappa shape index (κ2) is 9.73. The molecular weight excluding hydrogens is 416 g/mol. The van der Waals surface area contributed by atoms with Gasteiger partial charge in [0.1, 0.15) is 0 Å². The van der Waals surface area contributed by atoms with E-state index in [2.05, 4.69) is 10.4 Å². The van der Waals surface area contributed by atoms with Gasteiger partial charge in [-0.25, -0.2) is 9.48 Å². The van der Waals surface area contributed by atoms with Crippen molar-refractivity contribution in [1.29, 1.82) is 0 Å². The highest BCUT2D eigenvalue weighted by atomic mass is 16.6. The second-order valence-corrected chi connectivity index (χ2v) is 6.79. The number of carbonyl (C=O) groups is 2. The molecule has 0 aliphatic rings. The van der Waals surface area contributed by atoms with Crippen LogP contribution in [-0.2, 0) is 9.53 Å². The summed E-state index contributed by atoms with van der Waals surface area (Å²) >= 11 is 0. The summed E-state index contributed by atoms with van der Waals surface area (Å²) in [5.74, 6) is -1.37. The van der Waals surface area contributed by atoms with Gasteiger partial charge in [0.25, 0.3) is 5.91 Å². The lowest BCUT2D eigenvalue weighted by atomic mass is 10.2. The molecule has 32 heavy (non-hydrogen) atoms. The molecular formula is C22H22N4O6. The highest BCUT2D eigenvalue weighted by molar-refractivity contribution is 5.96. The maximum atomic E-state index is 12.4. The molecule has 0 aliphatic heterocycles. The van der Waals surface area contributed by atoms with Gasteiger partial charge in [-0.05, 0) is 45.0 Å². The standard InChI is InChI=1S/C22H22N4O6/c1-4-31-19-11-10-16(12-18(19)26(29)30)22(28)32-13-20(27)23-21-14(2)24-25(15(21)3)17-8-6-5-7-9-17/h5-12H,4,13H2,1-3H3,(H,23,27). The van der Waals surface area contributed by atoms with Gasteiger partial charge < -0.3 is 14.8 Å². The molecule has 0 spiro atoms. The number of benzene rings is 2. The van der Waals surface area contributed by atoms with E-state index < -0.39 is 23.4 Å². The highest BCUT2D eigenvalue weighted by Gasteiger charge is 2.21. The van der Waals surface area contributed by atoms with Crippen LogP contribution in [0.25, 0.3) is 5.69 Å². The summed E-state index contributed by atoms with van der Waals surface area (Å²) in [6, 6.07) is 13.2. The first-order chi connectivity index (χ1) is 15.3. The van der Waals surface area contributed by atoms with Gasteiger partial charge in [0, 0.05) is 6.07 Å². The Bertz CT molecular complexity index is 1160. The highest BCUT2D eigenvalue weighted by Crippen LogP contribution is 2.28. The number of aromatic nitrogens is 2. The number of carbonyl (C=O) groups excluding carboxylic acids is 2. The number of nitro groups is 1. The molecule has 166 valence electrons. The molecule has 10 nitrogen and oxygen atoms in total. The lowest BCUT2D eigenvalue weighted by molar-refractivity contribution is -0.385. The van der Waals surface area contributed by atoms with Gasteiger partial charge in [-0.3, -0.25) is 14.9 Å². The van der Waals surface area contributed by atoms with Crippen LogP contribution in [0.4, 0.5) is 11.4 Å². The van der Waals surface area contributed by atoms with Crippen LogP contribution in [0.2, 0.25) is 0 Å². The van der Waals surface area contributed by atoms with Crippen LogP contribution in [-0.4, -0.2) is 39.8 Å². The van der Waals surface area contributed by atoms with Crippen molar-refractivity contribution >= 4 is 23.3 Å². The molecule has 0 unspecified atom stereocenters. The number of para-hydroxylation sites is 1. The Hall–Kier alpha value is -4.21. The van der Waals surface area contributed by atoms with E-state index in [9.17, 15) is 19.7 Å². The fraction of sp³-hybridized carbons (Fsp3) is 0.227. The molecule has 0 fully saturated rings. The Morgan fingerprint density at radius 1 is 1.16 bits per heavy atom. The first-order valence-electron chi connectivity index (χ1n) is 9.81. The van der Waals surface area contributed by atoms with Crippen LogP contribution in [0.1, 0.15) is 28.7 Å². The van der Waals surface area contributed by atoms with Crippen molar-refractivity contribution in [3.63, 3.8) is 0 Å². The predicted molar refractivity (Wildman–Crippen MR) is 116 cm³/mol. The molecule has 3 aromatic rings. The minimum atomic E-state index is -0.861.